The molecule has 3 nitrogen and oxygen atoms in total. The molecule has 4 aromatic carbocycles. The van der Waals surface area contributed by atoms with Gasteiger partial charge in [-0.15, -0.1) is 11.3 Å². The molecule has 137 valence electrons. The Bertz CT molecular complexity index is 1480. The fourth-order valence-electron chi connectivity index (χ4n) is 4.22. The van der Waals surface area contributed by atoms with E-state index in [0.29, 0.717) is 5.75 Å². The van der Waals surface area contributed by atoms with Gasteiger partial charge in [0.1, 0.15) is 5.75 Å². The third-order valence-corrected chi connectivity index (χ3v) is 6.60. The summed E-state index contributed by atoms with van der Waals surface area (Å²) in [5, 5.41) is 13.8. The van der Waals surface area contributed by atoms with Crippen molar-refractivity contribution < 1.29 is 9.68 Å². The molecule has 1 radical (unpaired) electrons. The summed E-state index contributed by atoms with van der Waals surface area (Å²) in [6.45, 7) is 0. The molecule has 0 unspecified atom stereocenters. The molecule has 0 saturated heterocycles. The molecule has 0 fully saturated rings. The van der Waals surface area contributed by atoms with Crippen molar-refractivity contribution in [2.75, 3.05) is 0 Å². The van der Waals surface area contributed by atoms with Gasteiger partial charge in [-0.1, -0.05) is 36.4 Å². The van der Waals surface area contributed by atoms with Crippen molar-refractivity contribution >= 4 is 61.0 Å². The van der Waals surface area contributed by atoms with Crippen molar-refractivity contribution in [2.24, 2.45) is 0 Å². The highest BCUT2D eigenvalue weighted by atomic mass is 32.1. The van der Waals surface area contributed by atoms with E-state index in [1.54, 1.807) is 11.3 Å². The van der Waals surface area contributed by atoms with Gasteiger partial charge in [0, 0.05) is 36.6 Å². The third-order valence-electron chi connectivity index (χ3n) is 5.45. The quantitative estimate of drug-likeness (QED) is 0.372. The number of hydrogen-bond acceptors (Lipinski definition) is 3. The molecule has 0 bridgehead atoms. The van der Waals surface area contributed by atoms with Crippen LogP contribution in [0.5, 0.6) is 5.75 Å². The Labute approximate surface area is 171 Å². The Morgan fingerprint density at radius 1 is 0.690 bits per heavy atom. The average Bonchev–Trinajstić information content (AvgIpc) is 3.29. The van der Waals surface area contributed by atoms with Crippen LogP contribution in [0.25, 0.3) is 47.7 Å². The van der Waals surface area contributed by atoms with E-state index in [2.05, 4.69) is 71.3 Å². The summed E-state index contributed by atoms with van der Waals surface area (Å²) in [4.78, 5) is 0. The van der Waals surface area contributed by atoms with Gasteiger partial charge < -0.3 is 14.2 Å². The molecule has 0 aliphatic rings. The van der Waals surface area contributed by atoms with Gasteiger partial charge in [0.2, 0.25) is 0 Å². The van der Waals surface area contributed by atoms with Crippen LogP contribution < -0.4 is 4.65 Å². The summed E-state index contributed by atoms with van der Waals surface area (Å²) in [5.41, 5.74) is 3.53. The van der Waals surface area contributed by atoms with Crippen molar-refractivity contribution in [3.8, 4) is 11.4 Å². The minimum atomic E-state index is 0.627. The minimum Gasteiger partial charge on any atom is -0.537 e. The summed E-state index contributed by atoms with van der Waals surface area (Å²) < 4.78 is 9.94. The summed E-state index contributed by atoms with van der Waals surface area (Å²) in [6, 6.07) is 29.6. The van der Waals surface area contributed by atoms with E-state index in [9.17, 15) is 0 Å². The van der Waals surface area contributed by atoms with Crippen LogP contribution in [0.2, 0.25) is 0 Å². The minimum absolute atomic E-state index is 0.627. The van der Waals surface area contributed by atoms with Gasteiger partial charge in [0.15, 0.2) is 0 Å². The topological polar surface area (TPSA) is 34.4 Å². The molecule has 0 aliphatic carbocycles. The van der Waals surface area contributed by atoms with E-state index in [1.165, 1.54) is 36.6 Å². The van der Waals surface area contributed by atoms with Gasteiger partial charge >= 0.3 is 7.69 Å². The zero-order valence-electron chi connectivity index (χ0n) is 15.4. The van der Waals surface area contributed by atoms with Gasteiger partial charge in [0.05, 0.1) is 11.0 Å². The Morgan fingerprint density at radius 3 is 2.00 bits per heavy atom. The van der Waals surface area contributed by atoms with Crippen LogP contribution in [0, 0.1) is 0 Å². The summed E-state index contributed by atoms with van der Waals surface area (Å²) in [6.07, 6.45) is 0. The largest absolute Gasteiger partial charge is 0.569 e. The molecular weight excluding hydrogens is 377 g/mol. The zero-order valence-corrected chi connectivity index (χ0v) is 16.2. The summed E-state index contributed by atoms with van der Waals surface area (Å²) >= 11 is 1.76. The highest BCUT2D eigenvalue weighted by Gasteiger charge is 2.13. The average molecular weight is 392 g/mol. The Hall–Kier alpha value is -3.28. The first-order valence-corrected chi connectivity index (χ1v) is 10.2. The zero-order chi connectivity index (χ0) is 19.4. The predicted molar refractivity (Wildman–Crippen MR) is 122 cm³/mol. The molecule has 6 aromatic rings. The molecule has 6 rings (SSSR count). The lowest BCUT2D eigenvalue weighted by Crippen LogP contribution is -1.99. The highest BCUT2D eigenvalue weighted by Crippen LogP contribution is 2.38. The van der Waals surface area contributed by atoms with Crippen LogP contribution in [0.4, 0.5) is 0 Å². The maximum absolute atomic E-state index is 8.98. The SMILES string of the molecule is O[B]Oc1ccc2sc3ccc(-n4c5ccccc5c5ccccc54)cc3c2c1. The van der Waals surface area contributed by atoms with Crippen molar-refractivity contribution in [3.63, 3.8) is 0 Å². The number of rotatable bonds is 3. The first kappa shape index (κ1) is 16.7. The van der Waals surface area contributed by atoms with Gasteiger partial charge in [0.25, 0.3) is 0 Å². The second kappa shape index (κ2) is 6.37. The van der Waals surface area contributed by atoms with Crippen LogP contribution in [-0.4, -0.2) is 17.3 Å². The molecule has 0 atom stereocenters. The number of fused-ring (bicyclic) bond motifs is 6. The molecule has 2 heterocycles. The van der Waals surface area contributed by atoms with Crippen LogP contribution in [-0.2, 0) is 0 Å². The van der Waals surface area contributed by atoms with Crippen molar-refractivity contribution in [3.05, 3.63) is 84.9 Å². The Morgan fingerprint density at radius 2 is 1.31 bits per heavy atom. The Balaban J connectivity index is 1.67. The van der Waals surface area contributed by atoms with Gasteiger partial charge in [-0.2, -0.15) is 0 Å². The first-order chi connectivity index (χ1) is 14.3. The molecule has 0 amide bonds. The second-order valence-electron chi connectivity index (χ2n) is 7.03. The molecule has 29 heavy (non-hydrogen) atoms. The maximum Gasteiger partial charge on any atom is 0.569 e. The lowest BCUT2D eigenvalue weighted by molar-refractivity contribution is 0.454. The fraction of sp³-hybridized carbons (Fsp3) is 0. The van der Waals surface area contributed by atoms with Crippen LogP contribution in [0.15, 0.2) is 84.9 Å². The molecule has 5 heteroatoms. The number of aromatic nitrogens is 1. The number of nitrogens with zero attached hydrogens (tertiary/aromatic N) is 1. The highest BCUT2D eigenvalue weighted by molar-refractivity contribution is 7.25. The van der Waals surface area contributed by atoms with E-state index < -0.39 is 0 Å². The molecule has 0 aliphatic heterocycles. The van der Waals surface area contributed by atoms with Gasteiger partial charge in [-0.25, -0.2) is 0 Å². The maximum atomic E-state index is 8.98. The smallest absolute Gasteiger partial charge is 0.537 e. The molecule has 0 spiro atoms. The Kier molecular flexibility index (Phi) is 3.66. The number of para-hydroxylation sites is 2. The molecule has 1 N–H and O–H groups in total. The van der Waals surface area contributed by atoms with Crippen molar-refractivity contribution in [2.45, 2.75) is 0 Å². The lowest BCUT2D eigenvalue weighted by Gasteiger charge is -2.08. The monoisotopic (exact) mass is 392 g/mol. The van der Waals surface area contributed by atoms with Gasteiger partial charge in [-0.05, 0) is 48.5 Å². The number of hydrogen-bond donors (Lipinski definition) is 1. The molecule has 2 aromatic heterocycles. The summed E-state index contributed by atoms with van der Waals surface area (Å²) in [5.74, 6) is 0.627. The standard InChI is InChI=1S/C24H15BNO2S/c27-25-28-16-10-12-24-20(14-16)19-13-15(9-11-23(19)29-24)26-21-7-3-1-5-17(21)18-6-2-4-8-22(18)26/h1-14,27H. The van der Waals surface area contributed by atoms with E-state index in [-0.39, 0.29) is 0 Å². The van der Waals surface area contributed by atoms with Crippen molar-refractivity contribution in [1.82, 2.24) is 4.57 Å². The van der Waals surface area contributed by atoms with Crippen molar-refractivity contribution in [1.29, 1.82) is 0 Å². The molecular formula is C24H15BNO2S. The van der Waals surface area contributed by atoms with Crippen LogP contribution >= 0.6 is 11.3 Å². The van der Waals surface area contributed by atoms with Crippen LogP contribution in [0.3, 0.4) is 0 Å². The predicted octanol–water partition coefficient (Wildman–Crippen LogP) is 6.06. The van der Waals surface area contributed by atoms with E-state index in [1.807, 2.05) is 18.2 Å². The number of benzene rings is 4. The summed E-state index contributed by atoms with van der Waals surface area (Å²) in [7, 11) is 0.721. The lowest BCUT2D eigenvalue weighted by atomic mass is 10.1. The fourth-order valence-corrected chi connectivity index (χ4v) is 5.29. The molecule has 0 saturated carbocycles. The van der Waals surface area contributed by atoms with Crippen LogP contribution in [0.1, 0.15) is 0 Å². The van der Waals surface area contributed by atoms with E-state index >= 15 is 0 Å². The third kappa shape index (κ3) is 2.48. The first-order valence-electron chi connectivity index (χ1n) is 9.41. The van der Waals surface area contributed by atoms with E-state index in [4.69, 9.17) is 9.68 Å². The normalized spacial score (nSPS) is 11.6. The second-order valence-corrected chi connectivity index (χ2v) is 8.12. The number of thiophene rings is 1. The van der Waals surface area contributed by atoms with Gasteiger partial charge in [-0.3, -0.25) is 0 Å². The van der Waals surface area contributed by atoms with E-state index in [0.717, 1.165) is 18.8 Å².